The molecule has 0 aromatic heterocycles. The smallest absolute Gasteiger partial charge is 0.122 e. The molecule has 0 fully saturated rings. The Morgan fingerprint density at radius 3 is 2.56 bits per heavy atom. The first-order valence-corrected chi connectivity index (χ1v) is 5.99. The third kappa shape index (κ3) is 3.24. The third-order valence-corrected chi connectivity index (χ3v) is 3.03. The van der Waals surface area contributed by atoms with E-state index >= 15 is 0 Å². The van der Waals surface area contributed by atoms with Crippen molar-refractivity contribution >= 4 is 0 Å². The van der Waals surface area contributed by atoms with E-state index in [1.165, 1.54) is 11.1 Å². The molecule has 0 aliphatic heterocycles. The van der Waals surface area contributed by atoms with Gasteiger partial charge in [-0.05, 0) is 51.4 Å². The lowest BCUT2D eigenvalue weighted by Crippen LogP contribution is -2.38. The summed E-state index contributed by atoms with van der Waals surface area (Å²) in [5.74, 6) is 1.00. The number of rotatable bonds is 5. The maximum Gasteiger partial charge on any atom is 0.122 e. The molecule has 1 aromatic carbocycles. The van der Waals surface area contributed by atoms with Gasteiger partial charge < -0.3 is 10.1 Å². The van der Waals surface area contributed by atoms with Gasteiger partial charge in [0.05, 0.1) is 0 Å². The summed E-state index contributed by atoms with van der Waals surface area (Å²) in [6.45, 7) is 8.46. The average molecular weight is 221 g/mol. The predicted octanol–water partition coefficient (Wildman–Crippen LogP) is 3.07. The summed E-state index contributed by atoms with van der Waals surface area (Å²) in [5.41, 5.74) is 2.44. The van der Waals surface area contributed by atoms with Gasteiger partial charge in [0.1, 0.15) is 11.9 Å². The standard InChI is InChI=1S/C14H23NO/c1-6-13(15-5)12(4)16-14-9-10(2)7-8-11(14)3/h7-9,12-13,15H,6H2,1-5H3. The van der Waals surface area contributed by atoms with Crippen molar-refractivity contribution in [2.75, 3.05) is 7.05 Å². The van der Waals surface area contributed by atoms with Crippen molar-refractivity contribution in [3.63, 3.8) is 0 Å². The van der Waals surface area contributed by atoms with Crippen LogP contribution >= 0.6 is 0 Å². The van der Waals surface area contributed by atoms with E-state index in [1.807, 2.05) is 7.05 Å². The molecule has 0 radical (unpaired) electrons. The highest BCUT2D eigenvalue weighted by molar-refractivity contribution is 5.36. The van der Waals surface area contributed by atoms with Crippen molar-refractivity contribution in [2.45, 2.75) is 46.3 Å². The van der Waals surface area contributed by atoms with Gasteiger partial charge in [-0.15, -0.1) is 0 Å². The summed E-state index contributed by atoms with van der Waals surface area (Å²) < 4.78 is 6.01. The number of likely N-dealkylation sites (N-methyl/N-ethyl adjacent to an activating group) is 1. The molecule has 1 N–H and O–H groups in total. The lowest BCUT2D eigenvalue weighted by atomic mass is 10.1. The van der Waals surface area contributed by atoms with Crippen molar-refractivity contribution in [2.24, 2.45) is 0 Å². The Balaban J connectivity index is 2.75. The molecular weight excluding hydrogens is 198 g/mol. The summed E-state index contributed by atoms with van der Waals surface area (Å²) in [6, 6.07) is 6.73. The lowest BCUT2D eigenvalue weighted by Gasteiger charge is -2.24. The minimum absolute atomic E-state index is 0.190. The maximum absolute atomic E-state index is 6.01. The van der Waals surface area contributed by atoms with Crippen molar-refractivity contribution in [1.29, 1.82) is 0 Å². The molecule has 0 aliphatic rings. The molecule has 90 valence electrons. The average Bonchev–Trinajstić information content (AvgIpc) is 2.25. The highest BCUT2D eigenvalue weighted by Gasteiger charge is 2.15. The monoisotopic (exact) mass is 221 g/mol. The fourth-order valence-corrected chi connectivity index (χ4v) is 1.89. The van der Waals surface area contributed by atoms with E-state index in [-0.39, 0.29) is 6.10 Å². The van der Waals surface area contributed by atoms with Crippen LogP contribution in [0.4, 0.5) is 0 Å². The Morgan fingerprint density at radius 1 is 1.31 bits per heavy atom. The fourth-order valence-electron chi connectivity index (χ4n) is 1.89. The van der Waals surface area contributed by atoms with Crippen LogP contribution in [0.1, 0.15) is 31.4 Å². The molecule has 0 bridgehead atoms. The summed E-state index contributed by atoms with van der Waals surface area (Å²) >= 11 is 0. The van der Waals surface area contributed by atoms with Crippen LogP contribution in [0.25, 0.3) is 0 Å². The summed E-state index contributed by atoms with van der Waals surface area (Å²) in [7, 11) is 1.98. The first-order valence-electron chi connectivity index (χ1n) is 5.99. The summed E-state index contributed by atoms with van der Waals surface area (Å²) in [4.78, 5) is 0. The molecule has 2 atom stereocenters. The Bertz CT molecular complexity index is 332. The molecule has 1 aromatic rings. The van der Waals surface area contributed by atoms with Crippen LogP contribution in [0, 0.1) is 13.8 Å². The zero-order valence-electron chi connectivity index (χ0n) is 11.0. The summed E-state index contributed by atoms with van der Waals surface area (Å²) in [6.07, 6.45) is 1.26. The molecular formula is C14H23NO. The van der Waals surface area contributed by atoms with Gasteiger partial charge in [0, 0.05) is 6.04 Å². The normalized spacial score (nSPS) is 14.6. The highest BCUT2D eigenvalue weighted by atomic mass is 16.5. The van der Waals surface area contributed by atoms with Crippen LogP contribution in [-0.2, 0) is 0 Å². The molecule has 0 spiro atoms. The number of hydrogen-bond acceptors (Lipinski definition) is 2. The molecule has 0 amide bonds. The second-order valence-corrected chi connectivity index (χ2v) is 4.40. The highest BCUT2D eigenvalue weighted by Crippen LogP contribution is 2.21. The van der Waals surface area contributed by atoms with E-state index in [0.717, 1.165) is 12.2 Å². The number of hydrogen-bond donors (Lipinski definition) is 1. The summed E-state index contributed by atoms with van der Waals surface area (Å²) in [5, 5.41) is 3.28. The van der Waals surface area contributed by atoms with Crippen LogP contribution in [0.3, 0.4) is 0 Å². The molecule has 0 saturated carbocycles. The Labute approximate surface area is 99.0 Å². The zero-order chi connectivity index (χ0) is 12.1. The SMILES string of the molecule is CCC(NC)C(C)Oc1cc(C)ccc1C. The first-order chi connectivity index (χ1) is 7.58. The number of nitrogens with one attached hydrogen (secondary N) is 1. The van der Waals surface area contributed by atoms with Gasteiger partial charge in [0.15, 0.2) is 0 Å². The van der Waals surface area contributed by atoms with Gasteiger partial charge in [-0.1, -0.05) is 19.1 Å². The molecule has 0 saturated heterocycles. The minimum Gasteiger partial charge on any atom is -0.489 e. The second-order valence-electron chi connectivity index (χ2n) is 4.40. The number of aryl methyl sites for hydroxylation is 2. The molecule has 2 unspecified atom stereocenters. The van der Waals surface area contributed by atoms with Crippen molar-refractivity contribution in [3.05, 3.63) is 29.3 Å². The van der Waals surface area contributed by atoms with Crippen LogP contribution in [0.5, 0.6) is 5.75 Å². The Hall–Kier alpha value is -1.02. The van der Waals surface area contributed by atoms with Crippen molar-refractivity contribution < 1.29 is 4.74 Å². The van der Waals surface area contributed by atoms with Gasteiger partial charge in [0.25, 0.3) is 0 Å². The van der Waals surface area contributed by atoms with Gasteiger partial charge in [-0.3, -0.25) is 0 Å². The van der Waals surface area contributed by atoms with E-state index in [1.54, 1.807) is 0 Å². The van der Waals surface area contributed by atoms with Gasteiger partial charge in [-0.2, -0.15) is 0 Å². The Morgan fingerprint density at radius 2 is 2.00 bits per heavy atom. The molecule has 0 aliphatic carbocycles. The van der Waals surface area contributed by atoms with E-state index < -0.39 is 0 Å². The molecule has 2 nitrogen and oxygen atoms in total. The van der Waals surface area contributed by atoms with Gasteiger partial charge >= 0.3 is 0 Å². The molecule has 0 heterocycles. The van der Waals surface area contributed by atoms with Crippen LogP contribution in [0.15, 0.2) is 18.2 Å². The van der Waals surface area contributed by atoms with Crippen LogP contribution < -0.4 is 10.1 Å². The van der Waals surface area contributed by atoms with E-state index in [0.29, 0.717) is 6.04 Å². The van der Waals surface area contributed by atoms with Crippen molar-refractivity contribution in [3.8, 4) is 5.75 Å². The Kier molecular flexibility index (Phi) is 4.81. The minimum atomic E-state index is 0.190. The maximum atomic E-state index is 6.01. The fraction of sp³-hybridized carbons (Fsp3) is 0.571. The second kappa shape index (κ2) is 5.90. The predicted molar refractivity (Wildman–Crippen MR) is 69.1 cm³/mol. The van der Waals surface area contributed by atoms with Crippen LogP contribution in [0.2, 0.25) is 0 Å². The molecule has 1 rings (SSSR count). The molecule has 2 heteroatoms. The number of ether oxygens (including phenoxy) is 1. The quantitative estimate of drug-likeness (QED) is 0.825. The topological polar surface area (TPSA) is 21.3 Å². The van der Waals surface area contributed by atoms with Gasteiger partial charge in [0.2, 0.25) is 0 Å². The van der Waals surface area contributed by atoms with Gasteiger partial charge in [-0.25, -0.2) is 0 Å². The first kappa shape index (κ1) is 13.0. The lowest BCUT2D eigenvalue weighted by molar-refractivity contribution is 0.170. The largest absolute Gasteiger partial charge is 0.489 e. The zero-order valence-corrected chi connectivity index (χ0v) is 11.0. The van der Waals surface area contributed by atoms with E-state index in [9.17, 15) is 0 Å². The van der Waals surface area contributed by atoms with E-state index in [2.05, 4.69) is 51.2 Å². The van der Waals surface area contributed by atoms with E-state index in [4.69, 9.17) is 4.74 Å². The van der Waals surface area contributed by atoms with Crippen LogP contribution in [-0.4, -0.2) is 19.2 Å². The third-order valence-electron chi connectivity index (χ3n) is 3.03. The molecule has 16 heavy (non-hydrogen) atoms. The van der Waals surface area contributed by atoms with Crippen molar-refractivity contribution in [1.82, 2.24) is 5.32 Å². The number of benzene rings is 1.